The van der Waals surface area contributed by atoms with Crippen LogP contribution in [0.25, 0.3) is 0 Å². The second-order valence-electron chi connectivity index (χ2n) is 3.60. The van der Waals surface area contributed by atoms with Crippen LogP contribution in [0.15, 0.2) is 12.4 Å². The van der Waals surface area contributed by atoms with Gasteiger partial charge in [0.1, 0.15) is 0 Å². The SMILES string of the molecule is CC1CCN(C(=O)Oc2ncc[nH]2)C1. The van der Waals surface area contributed by atoms with Gasteiger partial charge in [-0.3, -0.25) is 0 Å². The van der Waals surface area contributed by atoms with Gasteiger partial charge < -0.3 is 14.6 Å². The van der Waals surface area contributed by atoms with Crippen molar-refractivity contribution < 1.29 is 9.53 Å². The topological polar surface area (TPSA) is 58.2 Å². The van der Waals surface area contributed by atoms with Gasteiger partial charge in [0.15, 0.2) is 0 Å². The predicted octanol–water partition coefficient (Wildman–Crippen LogP) is 1.25. The summed E-state index contributed by atoms with van der Waals surface area (Å²) < 4.78 is 5.01. The zero-order valence-electron chi connectivity index (χ0n) is 8.06. The van der Waals surface area contributed by atoms with Crippen molar-refractivity contribution >= 4 is 6.09 Å². The zero-order chi connectivity index (χ0) is 9.97. The Labute approximate surface area is 82.1 Å². The molecule has 1 aliphatic rings. The lowest BCUT2D eigenvalue weighted by atomic mass is 10.2. The van der Waals surface area contributed by atoms with Gasteiger partial charge in [0.25, 0.3) is 0 Å². The van der Waals surface area contributed by atoms with E-state index in [1.54, 1.807) is 17.3 Å². The molecule has 0 bridgehead atoms. The molecule has 0 aliphatic carbocycles. The summed E-state index contributed by atoms with van der Waals surface area (Å²) >= 11 is 0. The lowest BCUT2D eigenvalue weighted by Gasteiger charge is -2.13. The first-order valence-corrected chi connectivity index (χ1v) is 4.72. The number of aromatic nitrogens is 2. The monoisotopic (exact) mass is 195 g/mol. The van der Waals surface area contributed by atoms with E-state index in [2.05, 4.69) is 16.9 Å². The van der Waals surface area contributed by atoms with Gasteiger partial charge in [-0.15, -0.1) is 0 Å². The van der Waals surface area contributed by atoms with E-state index in [4.69, 9.17) is 4.74 Å². The van der Waals surface area contributed by atoms with E-state index in [9.17, 15) is 4.79 Å². The van der Waals surface area contributed by atoms with E-state index >= 15 is 0 Å². The molecule has 0 radical (unpaired) electrons. The molecule has 1 atom stereocenters. The van der Waals surface area contributed by atoms with Crippen molar-refractivity contribution in [3.05, 3.63) is 12.4 Å². The fourth-order valence-corrected chi connectivity index (χ4v) is 1.55. The molecule has 0 saturated carbocycles. The Kier molecular flexibility index (Phi) is 2.39. The summed E-state index contributed by atoms with van der Waals surface area (Å²) in [6.07, 6.45) is 3.90. The Bertz CT molecular complexity index is 310. The summed E-state index contributed by atoms with van der Waals surface area (Å²) in [6.45, 7) is 3.68. The summed E-state index contributed by atoms with van der Waals surface area (Å²) in [6, 6.07) is 0.259. The van der Waals surface area contributed by atoms with Gasteiger partial charge in [-0.2, -0.15) is 0 Å². The normalized spacial score (nSPS) is 21.2. The number of carbonyl (C=O) groups is 1. The van der Waals surface area contributed by atoms with Gasteiger partial charge in [0.05, 0.1) is 0 Å². The van der Waals surface area contributed by atoms with Crippen molar-refractivity contribution in [3.63, 3.8) is 0 Å². The number of imidazole rings is 1. The standard InChI is InChI=1S/C9H13N3O2/c1-7-2-5-12(6-7)9(13)14-8-10-3-4-11-8/h3-4,7H,2,5-6H2,1H3,(H,10,11). The van der Waals surface area contributed by atoms with E-state index in [-0.39, 0.29) is 12.1 Å². The molecule has 1 aliphatic heterocycles. The Morgan fingerprint density at radius 1 is 1.79 bits per heavy atom. The first-order chi connectivity index (χ1) is 6.75. The molecule has 1 unspecified atom stereocenters. The maximum atomic E-state index is 11.5. The molecule has 5 heteroatoms. The van der Waals surface area contributed by atoms with Crippen LogP contribution in [0, 0.1) is 5.92 Å². The second kappa shape index (κ2) is 3.69. The van der Waals surface area contributed by atoms with E-state index in [0.717, 1.165) is 19.5 Å². The maximum absolute atomic E-state index is 11.5. The summed E-state index contributed by atoms with van der Waals surface area (Å²) in [4.78, 5) is 19.7. The van der Waals surface area contributed by atoms with Gasteiger partial charge in [0, 0.05) is 25.5 Å². The highest BCUT2D eigenvalue weighted by atomic mass is 16.6. The maximum Gasteiger partial charge on any atom is 0.417 e. The third-order valence-electron chi connectivity index (χ3n) is 2.34. The molecule has 1 N–H and O–H groups in total. The van der Waals surface area contributed by atoms with Crippen molar-refractivity contribution in [1.82, 2.24) is 14.9 Å². The van der Waals surface area contributed by atoms with Gasteiger partial charge >= 0.3 is 12.1 Å². The Hall–Kier alpha value is -1.52. The number of rotatable bonds is 1. The van der Waals surface area contributed by atoms with Crippen LogP contribution >= 0.6 is 0 Å². The molecule has 2 rings (SSSR count). The lowest BCUT2D eigenvalue weighted by molar-refractivity contribution is 0.158. The number of hydrogen-bond acceptors (Lipinski definition) is 3. The van der Waals surface area contributed by atoms with E-state index in [0.29, 0.717) is 5.92 Å². The molecule has 1 aromatic heterocycles. The smallest absolute Gasteiger partial charge is 0.375 e. The largest absolute Gasteiger partial charge is 0.417 e. The zero-order valence-corrected chi connectivity index (χ0v) is 8.06. The molecule has 14 heavy (non-hydrogen) atoms. The van der Waals surface area contributed by atoms with Crippen LogP contribution < -0.4 is 4.74 Å². The van der Waals surface area contributed by atoms with E-state index in [1.165, 1.54) is 0 Å². The Morgan fingerprint density at radius 3 is 3.21 bits per heavy atom. The number of ether oxygens (including phenoxy) is 1. The van der Waals surface area contributed by atoms with Gasteiger partial charge in [-0.25, -0.2) is 9.78 Å². The van der Waals surface area contributed by atoms with E-state index < -0.39 is 0 Å². The number of nitrogens with one attached hydrogen (secondary N) is 1. The third kappa shape index (κ3) is 1.86. The predicted molar refractivity (Wildman–Crippen MR) is 50.0 cm³/mol. The van der Waals surface area contributed by atoms with Crippen LogP contribution in [-0.4, -0.2) is 34.1 Å². The molecule has 1 saturated heterocycles. The summed E-state index contributed by atoms with van der Waals surface area (Å²) in [7, 11) is 0. The molecule has 1 fully saturated rings. The fourth-order valence-electron chi connectivity index (χ4n) is 1.55. The summed E-state index contributed by atoms with van der Waals surface area (Å²) in [5.74, 6) is 0.569. The molecule has 1 amide bonds. The number of amides is 1. The van der Waals surface area contributed by atoms with Crippen LogP contribution in [-0.2, 0) is 0 Å². The average Bonchev–Trinajstić information content (AvgIpc) is 2.75. The highest BCUT2D eigenvalue weighted by Crippen LogP contribution is 2.16. The summed E-state index contributed by atoms with van der Waals surface area (Å²) in [5.41, 5.74) is 0. The number of H-pyrrole nitrogens is 1. The van der Waals surface area contributed by atoms with Crippen LogP contribution in [0.3, 0.4) is 0 Å². The summed E-state index contributed by atoms with van der Waals surface area (Å²) in [5, 5.41) is 0. The molecule has 1 aromatic rings. The van der Waals surface area contributed by atoms with Crippen LogP contribution in [0.2, 0.25) is 0 Å². The van der Waals surface area contributed by atoms with Crippen molar-refractivity contribution in [2.24, 2.45) is 5.92 Å². The van der Waals surface area contributed by atoms with Crippen LogP contribution in [0.4, 0.5) is 4.79 Å². The van der Waals surface area contributed by atoms with Crippen molar-refractivity contribution in [2.45, 2.75) is 13.3 Å². The molecule has 76 valence electrons. The highest BCUT2D eigenvalue weighted by molar-refractivity contribution is 5.70. The Morgan fingerprint density at radius 2 is 2.64 bits per heavy atom. The van der Waals surface area contributed by atoms with Crippen LogP contribution in [0.5, 0.6) is 6.01 Å². The van der Waals surface area contributed by atoms with Gasteiger partial charge in [-0.1, -0.05) is 6.92 Å². The van der Waals surface area contributed by atoms with Crippen molar-refractivity contribution in [3.8, 4) is 6.01 Å². The van der Waals surface area contributed by atoms with Crippen molar-refractivity contribution in [2.75, 3.05) is 13.1 Å². The Balaban J connectivity index is 1.90. The van der Waals surface area contributed by atoms with Crippen molar-refractivity contribution in [1.29, 1.82) is 0 Å². The van der Waals surface area contributed by atoms with Gasteiger partial charge in [-0.05, 0) is 12.3 Å². The number of likely N-dealkylation sites (tertiary alicyclic amines) is 1. The number of aromatic amines is 1. The second-order valence-corrected chi connectivity index (χ2v) is 3.60. The highest BCUT2D eigenvalue weighted by Gasteiger charge is 2.24. The molecule has 0 spiro atoms. The minimum atomic E-state index is -0.315. The quantitative estimate of drug-likeness (QED) is 0.733. The molecule has 2 heterocycles. The fraction of sp³-hybridized carbons (Fsp3) is 0.556. The molecular formula is C9H13N3O2. The lowest BCUT2D eigenvalue weighted by Crippen LogP contribution is -2.31. The molecule has 0 aromatic carbocycles. The number of nitrogens with zero attached hydrogens (tertiary/aromatic N) is 2. The van der Waals surface area contributed by atoms with E-state index in [1.807, 2.05) is 0 Å². The molecule has 5 nitrogen and oxygen atoms in total. The number of carbonyl (C=O) groups excluding carboxylic acids is 1. The average molecular weight is 195 g/mol. The van der Waals surface area contributed by atoms with Crippen LogP contribution in [0.1, 0.15) is 13.3 Å². The number of hydrogen-bond donors (Lipinski definition) is 1. The molecular weight excluding hydrogens is 182 g/mol. The third-order valence-corrected chi connectivity index (χ3v) is 2.34. The first-order valence-electron chi connectivity index (χ1n) is 4.72. The first kappa shape index (κ1) is 9.05. The minimum absolute atomic E-state index is 0.259. The van der Waals surface area contributed by atoms with Gasteiger partial charge in [0.2, 0.25) is 0 Å². The minimum Gasteiger partial charge on any atom is -0.375 e.